The number of unbranched alkanes of at least 4 members (excludes halogenated alkanes) is 3. The van der Waals surface area contributed by atoms with Gasteiger partial charge in [0, 0.05) is 5.56 Å². The molecule has 1 aromatic carbocycles. The number of benzene rings is 1. The summed E-state index contributed by atoms with van der Waals surface area (Å²) in [6.45, 7) is 0.612. The average molecular weight is 436 g/mol. The molecule has 2 nitrogen and oxygen atoms in total. The highest BCUT2D eigenvalue weighted by Crippen LogP contribution is 2.34. The van der Waals surface area contributed by atoms with Gasteiger partial charge in [-0.15, -0.1) is 0 Å². The van der Waals surface area contributed by atoms with Crippen LogP contribution >= 0.6 is 0 Å². The fourth-order valence-corrected chi connectivity index (χ4v) is 2.97. The van der Waals surface area contributed by atoms with E-state index in [9.17, 15) is 30.7 Å². The lowest BCUT2D eigenvalue weighted by Gasteiger charge is -2.14. The van der Waals surface area contributed by atoms with Crippen LogP contribution in [0.4, 0.5) is 30.7 Å². The Morgan fingerprint density at radius 1 is 0.733 bits per heavy atom. The molecule has 0 radical (unpaired) electrons. The zero-order valence-electron chi connectivity index (χ0n) is 16.2. The van der Waals surface area contributed by atoms with Gasteiger partial charge in [-0.3, -0.25) is 4.39 Å². The van der Waals surface area contributed by atoms with Crippen molar-refractivity contribution in [2.75, 3.05) is 19.8 Å². The summed E-state index contributed by atoms with van der Waals surface area (Å²) in [5, 5.41) is 3.06. The normalized spacial score (nSPS) is 12.4. The zero-order chi connectivity index (χ0) is 22.2. The van der Waals surface area contributed by atoms with Crippen LogP contribution in [0.15, 0.2) is 36.4 Å². The van der Waals surface area contributed by atoms with Crippen LogP contribution in [0.5, 0.6) is 0 Å². The van der Waals surface area contributed by atoms with Crippen molar-refractivity contribution in [3.05, 3.63) is 53.2 Å². The smallest absolute Gasteiger partial charge is 0.316 e. The Bertz CT molecular complexity index is 783. The molecule has 0 saturated carbocycles. The third kappa shape index (κ3) is 7.27. The summed E-state index contributed by atoms with van der Waals surface area (Å²) >= 11 is 0. The molecule has 0 fully saturated rings. The highest BCUT2D eigenvalue weighted by molar-refractivity contribution is 5.60. The molecule has 0 saturated heterocycles. The largest absolute Gasteiger partial charge is 0.433 e. The van der Waals surface area contributed by atoms with Crippen molar-refractivity contribution in [2.45, 2.75) is 44.5 Å². The summed E-state index contributed by atoms with van der Waals surface area (Å²) in [4.78, 5) is 3.69. The predicted octanol–water partition coefficient (Wildman–Crippen LogP) is 6.45. The Kier molecular flexibility index (Phi) is 8.64. The van der Waals surface area contributed by atoms with Crippen molar-refractivity contribution >= 4 is 0 Å². The predicted molar refractivity (Wildman–Crippen MR) is 101 cm³/mol. The van der Waals surface area contributed by atoms with Crippen molar-refractivity contribution in [2.24, 2.45) is 0 Å². The molecule has 0 bridgehead atoms. The molecule has 0 aliphatic carbocycles. The molecule has 0 spiro atoms. The topological polar surface area (TPSA) is 24.9 Å². The summed E-state index contributed by atoms with van der Waals surface area (Å²) in [5.41, 5.74) is -1.77. The summed E-state index contributed by atoms with van der Waals surface area (Å²) in [6.07, 6.45) is -6.11. The molecule has 0 unspecified atom stereocenters. The first-order valence-corrected chi connectivity index (χ1v) is 9.64. The summed E-state index contributed by atoms with van der Waals surface area (Å²) in [6, 6.07) is 6.53. The van der Waals surface area contributed by atoms with E-state index in [-0.39, 0.29) is 29.9 Å². The SMILES string of the molecule is FCCCCCCNCCc1ccc(-c2ccc(C(F)(F)F)cc2)nc1C(F)(F)F. The molecule has 1 aromatic heterocycles. The van der Waals surface area contributed by atoms with Gasteiger partial charge in [-0.1, -0.05) is 31.0 Å². The Morgan fingerprint density at radius 2 is 1.40 bits per heavy atom. The molecule has 30 heavy (non-hydrogen) atoms. The van der Waals surface area contributed by atoms with Crippen molar-refractivity contribution in [3.8, 4) is 11.3 Å². The number of alkyl halides is 7. The lowest BCUT2D eigenvalue weighted by Crippen LogP contribution is -2.21. The second kappa shape index (κ2) is 10.7. The number of nitrogens with one attached hydrogen (secondary N) is 1. The zero-order valence-corrected chi connectivity index (χ0v) is 16.2. The van der Waals surface area contributed by atoms with Crippen LogP contribution in [0.25, 0.3) is 11.3 Å². The monoisotopic (exact) mass is 436 g/mol. The summed E-state index contributed by atoms with van der Waals surface area (Å²) in [5.74, 6) is 0. The Hall–Kier alpha value is -2.16. The van der Waals surface area contributed by atoms with Crippen LogP contribution in [0, 0.1) is 0 Å². The van der Waals surface area contributed by atoms with Gasteiger partial charge < -0.3 is 5.32 Å². The van der Waals surface area contributed by atoms with Crippen LogP contribution in [-0.4, -0.2) is 24.7 Å². The van der Waals surface area contributed by atoms with Crippen LogP contribution in [0.3, 0.4) is 0 Å². The molecule has 9 heteroatoms. The third-order valence-corrected chi connectivity index (χ3v) is 4.56. The Labute approximate surface area is 170 Å². The maximum Gasteiger partial charge on any atom is 0.433 e. The van der Waals surface area contributed by atoms with E-state index in [1.807, 2.05) is 0 Å². The minimum Gasteiger partial charge on any atom is -0.316 e. The molecule has 2 rings (SSSR count). The molecule has 0 aliphatic heterocycles. The second-order valence-corrected chi connectivity index (χ2v) is 6.88. The van der Waals surface area contributed by atoms with Crippen molar-refractivity contribution in [1.29, 1.82) is 0 Å². The minimum atomic E-state index is -4.68. The summed E-state index contributed by atoms with van der Waals surface area (Å²) < 4.78 is 90.3. The van der Waals surface area contributed by atoms with Gasteiger partial charge in [-0.2, -0.15) is 26.3 Å². The Morgan fingerprint density at radius 3 is 2.00 bits per heavy atom. The van der Waals surface area contributed by atoms with E-state index < -0.39 is 23.6 Å². The van der Waals surface area contributed by atoms with E-state index in [2.05, 4.69) is 10.3 Å². The lowest BCUT2D eigenvalue weighted by atomic mass is 10.0. The minimum absolute atomic E-state index is 0.0168. The van der Waals surface area contributed by atoms with Gasteiger partial charge in [0.05, 0.1) is 17.9 Å². The number of halogens is 7. The van der Waals surface area contributed by atoms with E-state index in [0.29, 0.717) is 19.5 Å². The van der Waals surface area contributed by atoms with Gasteiger partial charge in [0.2, 0.25) is 0 Å². The maximum atomic E-state index is 13.5. The number of rotatable bonds is 10. The number of hydrogen-bond donors (Lipinski definition) is 1. The van der Waals surface area contributed by atoms with Crippen molar-refractivity contribution in [1.82, 2.24) is 10.3 Å². The van der Waals surface area contributed by atoms with Crippen molar-refractivity contribution in [3.63, 3.8) is 0 Å². The average Bonchev–Trinajstić information content (AvgIpc) is 2.69. The first-order valence-electron chi connectivity index (χ1n) is 9.64. The molecule has 0 atom stereocenters. The van der Waals surface area contributed by atoms with E-state index in [4.69, 9.17) is 0 Å². The number of hydrogen-bond acceptors (Lipinski definition) is 2. The van der Waals surface area contributed by atoms with Gasteiger partial charge in [0.15, 0.2) is 0 Å². The number of aromatic nitrogens is 1. The fourth-order valence-electron chi connectivity index (χ4n) is 2.97. The molecule has 1 heterocycles. The van der Waals surface area contributed by atoms with E-state index in [1.54, 1.807) is 0 Å². The molecule has 0 aliphatic rings. The van der Waals surface area contributed by atoms with Crippen molar-refractivity contribution < 1.29 is 30.7 Å². The first-order chi connectivity index (χ1) is 14.1. The number of pyridine rings is 1. The molecule has 2 aromatic rings. The molecular weight excluding hydrogens is 413 g/mol. The standard InChI is InChI=1S/C21H23F7N2/c22-12-3-1-2-4-13-29-14-11-16-7-10-18(30-19(16)21(26,27)28)15-5-8-17(9-6-15)20(23,24)25/h5-10,29H,1-4,11-14H2. The lowest BCUT2D eigenvalue weighted by molar-refractivity contribution is -0.141. The maximum absolute atomic E-state index is 13.5. The van der Waals surface area contributed by atoms with Gasteiger partial charge in [-0.05, 0) is 56.1 Å². The van der Waals surface area contributed by atoms with Crippen LogP contribution < -0.4 is 5.32 Å². The Balaban J connectivity index is 2.05. The quantitative estimate of drug-likeness (QED) is 0.342. The van der Waals surface area contributed by atoms with Crippen LogP contribution in [0.2, 0.25) is 0 Å². The fraction of sp³-hybridized carbons (Fsp3) is 0.476. The highest BCUT2D eigenvalue weighted by Gasteiger charge is 2.35. The second-order valence-electron chi connectivity index (χ2n) is 6.88. The number of nitrogens with zero attached hydrogens (tertiary/aromatic N) is 1. The highest BCUT2D eigenvalue weighted by atomic mass is 19.4. The van der Waals surface area contributed by atoms with Gasteiger partial charge in [-0.25, -0.2) is 4.98 Å². The third-order valence-electron chi connectivity index (χ3n) is 4.56. The van der Waals surface area contributed by atoms with E-state index >= 15 is 0 Å². The van der Waals surface area contributed by atoms with Crippen LogP contribution in [0.1, 0.15) is 42.5 Å². The van der Waals surface area contributed by atoms with Crippen LogP contribution in [-0.2, 0) is 18.8 Å². The first kappa shape index (κ1) is 24.1. The summed E-state index contributed by atoms with van der Waals surface area (Å²) in [7, 11) is 0. The van der Waals surface area contributed by atoms with Gasteiger partial charge >= 0.3 is 12.4 Å². The molecular formula is C21H23F7N2. The van der Waals surface area contributed by atoms with Gasteiger partial charge in [0.25, 0.3) is 0 Å². The van der Waals surface area contributed by atoms with E-state index in [0.717, 1.165) is 43.5 Å². The molecule has 166 valence electrons. The molecule has 1 N–H and O–H groups in total. The van der Waals surface area contributed by atoms with Gasteiger partial charge in [0.1, 0.15) is 5.69 Å². The molecule has 0 amide bonds. The van der Waals surface area contributed by atoms with E-state index in [1.165, 1.54) is 12.1 Å².